The molecule has 0 aromatic carbocycles. The van der Waals surface area contributed by atoms with E-state index in [4.69, 9.17) is 9.47 Å². The molecule has 1 N–H and O–H groups in total. The van der Waals surface area contributed by atoms with Gasteiger partial charge >= 0.3 is 0 Å². The minimum Gasteiger partial charge on any atom is -0.380 e. The van der Waals surface area contributed by atoms with E-state index in [0.717, 1.165) is 25.7 Å². The molecule has 0 bridgehead atoms. The van der Waals surface area contributed by atoms with E-state index in [9.17, 15) is 0 Å². The van der Waals surface area contributed by atoms with E-state index < -0.39 is 0 Å². The van der Waals surface area contributed by atoms with Crippen molar-refractivity contribution in [2.45, 2.75) is 56.7 Å². The number of rotatable bonds is 2. The first-order valence-corrected chi connectivity index (χ1v) is 6.89. The Morgan fingerprint density at radius 1 is 0.938 bits per heavy atom. The Morgan fingerprint density at radius 3 is 2.81 bits per heavy atom. The van der Waals surface area contributed by atoms with E-state index in [0.29, 0.717) is 18.2 Å². The van der Waals surface area contributed by atoms with Crippen molar-refractivity contribution >= 4 is 0 Å². The van der Waals surface area contributed by atoms with Crippen molar-refractivity contribution in [1.29, 1.82) is 0 Å². The molecule has 0 amide bonds. The smallest absolute Gasteiger partial charge is 0.0619 e. The molecule has 16 heavy (non-hydrogen) atoms. The molecule has 0 spiro atoms. The maximum Gasteiger partial charge on any atom is 0.0619 e. The lowest BCUT2D eigenvalue weighted by atomic mass is 9.81. The molecule has 0 aromatic rings. The zero-order valence-corrected chi connectivity index (χ0v) is 9.99. The first-order valence-electron chi connectivity index (χ1n) is 6.89. The van der Waals surface area contributed by atoms with Gasteiger partial charge in [0.2, 0.25) is 0 Å². The normalized spacial score (nSPS) is 44.2. The fraction of sp³-hybridized carbons (Fsp3) is 1.00. The highest BCUT2D eigenvalue weighted by Crippen LogP contribution is 2.34. The van der Waals surface area contributed by atoms with Gasteiger partial charge in [0.25, 0.3) is 0 Å². The van der Waals surface area contributed by atoms with Crippen molar-refractivity contribution in [3.63, 3.8) is 0 Å². The average molecular weight is 225 g/mol. The van der Waals surface area contributed by atoms with Gasteiger partial charge < -0.3 is 14.8 Å². The second-order valence-electron chi connectivity index (χ2n) is 5.48. The molecular weight excluding hydrogens is 202 g/mol. The van der Waals surface area contributed by atoms with Crippen molar-refractivity contribution in [2.24, 2.45) is 5.92 Å². The minimum atomic E-state index is 0.552. The van der Waals surface area contributed by atoms with Crippen LogP contribution in [0.25, 0.3) is 0 Å². The molecule has 2 heterocycles. The lowest BCUT2D eigenvalue weighted by molar-refractivity contribution is 0.0334. The topological polar surface area (TPSA) is 30.5 Å². The third kappa shape index (κ3) is 2.27. The van der Waals surface area contributed by atoms with E-state index >= 15 is 0 Å². The van der Waals surface area contributed by atoms with Gasteiger partial charge in [-0.05, 0) is 38.5 Å². The summed E-state index contributed by atoms with van der Waals surface area (Å²) in [5, 5.41) is 3.82. The Kier molecular flexibility index (Phi) is 3.46. The van der Waals surface area contributed by atoms with Crippen molar-refractivity contribution in [3.05, 3.63) is 0 Å². The van der Waals surface area contributed by atoms with E-state index in [1.165, 1.54) is 38.5 Å². The average Bonchev–Trinajstić information content (AvgIpc) is 2.80. The molecule has 92 valence electrons. The summed E-state index contributed by atoms with van der Waals surface area (Å²) in [7, 11) is 0. The highest BCUT2D eigenvalue weighted by atomic mass is 16.5. The summed E-state index contributed by atoms with van der Waals surface area (Å²) in [4.78, 5) is 0. The molecule has 2 aliphatic heterocycles. The molecule has 3 rings (SSSR count). The number of fused-ring (bicyclic) bond motifs is 1. The van der Waals surface area contributed by atoms with Crippen LogP contribution in [0.1, 0.15) is 38.5 Å². The number of ether oxygens (including phenoxy) is 2. The molecule has 3 heteroatoms. The maximum absolute atomic E-state index is 5.81. The Balaban J connectivity index is 1.56. The molecule has 0 aromatic heterocycles. The monoisotopic (exact) mass is 225 g/mol. The third-order valence-corrected chi connectivity index (χ3v) is 4.39. The van der Waals surface area contributed by atoms with Crippen LogP contribution in [0.5, 0.6) is 0 Å². The molecule has 0 radical (unpaired) electrons. The fourth-order valence-corrected chi connectivity index (χ4v) is 3.56. The molecule has 3 aliphatic rings. The van der Waals surface area contributed by atoms with Crippen LogP contribution in [0.15, 0.2) is 0 Å². The molecule has 1 aliphatic carbocycles. The molecule has 2 saturated heterocycles. The lowest BCUT2D eigenvalue weighted by Gasteiger charge is -2.37. The predicted molar refractivity (Wildman–Crippen MR) is 62.5 cm³/mol. The Bertz CT molecular complexity index is 228. The number of nitrogens with one attached hydrogen (secondary N) is 1. The molecule has 1 saturated carbocycles. The van der Waals surface area contributed by atoms with Gasteiger partial charge in [0.05, 0.1) is 12.7 Å². The lowest BCUT2D eigenvalue weighted by Crippen LogP contribution is -2.49. The number of hydrogen-bond acceptors (Lipinski definition) is 3. The van der Waals surface area contributed by atoms with Crippen molar-refractivity contribution < 1.29 is 9.47 Å². The molecule has 4 unspecified atom stereocenters. The van der Waals surface area contributed by atoms with Crippen LogP contribution in [0.2, 0.25) is 0 Å². The van der Waals surface area contributed by atoms with E-state index in [1.807, 2.05) is 0 Å². The van der Waals surface area contributed by atoms with Gasteiger partial charge in [-0.1, -0.05) is 0 Å². The predicted octanol–water partition coefficient (Wildman–Crippen LogP) is 1.71. The minimum absolute atomic E-state index is 0.552. The third-order valence-electron chi connectivity index (χ3n) is 4.39. The zero-order chi connectivity index (χ0) is 10.8. The summed E-state index contributed by atoms with van der Waals surface area (Å²) in [6, 6.07) is 1.28. The van der Waals surface area contributed by atoms with Gasteiger partial charge in [0, 0.05) is 31.2 Å². The second kappa shape index (κ2) is 5.03. The van der Waals surface area contributed by atoms with Crippen LogP contribution in [-0.2, 0) is 9.47 Å². The van der Waals surface area contributed by atoms with Crippen molar-refractivity contribution in [2.75, 3.05) is 19.8 Å². The summed E-state index contributed by atoms with van der Waals surface area (Å²) < 4.78 is 11.3. The van der Waals surface area contributed by atoms with Gasteiger partial charge in [-0.3, -0.25) is 0 Å². The summed E-state index contributed by atoms with van der Waals surface area (Å²) in [5.41, 5.74) is 0. The van der Waals surface area contributed by atoms with E-state index in [2.05, 4.69) is 5.32 Å². The van der Waals surface area contributed by atoms with Gasteiger partial charge in [0.1, 0.15) is 0 Å². The van der Waals surface area contributed by atoms with Crippen LogP contribution >= 0.6 is 0 Å². The molecule has 3 fully saturated rings. The van der Waals surface area contributed by atoms with Gasteiger partial charge in [-0.2, -0.15) is 0 Å². The van der Waals surface area contributed by atoms with Crippen LogP contribution in [0, 0.1) is 5.92 Å². The maximum atomic E-state index is 5.81. The van der Waals surface area contributed by atoms with Gasteiger partial charge in [0.15, 0.2) is 0 Å². The molecule has 3 nitrogen and oxygen atoms in total. The van der Waals surface area contributed by atoms with Crippen molar-refractivity contribution in [3.8, 4) is 0 Å². The first-order chi connectivity index (χ1) is 7.93. The summed E-state index contributed by atoms with van der Waals surface area (Å²) in [6.07, 6.45) is 8.26. The highest BCUT2D eigenvalue weighted by molar-refractivity contribution is 4.92. The van der Waals surface area contributed by atoms with Crippen LogP contribution in [0.4, 0.5) is 0 Å². The van der Waals surface area contributed by atoms with E-state index in [1.54, 1.807) is 0 Å². The Hall–Kier alpha value is -0.120. The largest absolute Gasteiger partial charge is 0.380 e. The quantitative estimate of drug-likeness (QED) is 0.776. The molecule has 4 atom stereocenters. The van der Waals surface area contributed by atoms with Crippen molar-refractivity contribution in [1.82, 2.24) is 5.32 Å². The zero-order valence-electron chi connectivity index (χ0n) is 9.99. The summed E-state index contributed by atoms with van der Waals surface area (Å²) in [6.45, 7) is 2.85. The van der Waals surface area contributed by atoms with E-state index in [-0.39, 0.29) is 0 Å². The van der Waals surface area contributed by atoms with Crippen LogP contribution in [-0.4, -0.2) is 38.0 Å². The summed E-state index contributed by atoms with van der Waals surface area (Å²) >= 11 is 0. The second-order valence-corrected chi connectivity index (χ2v) is 5.48. The van der Waals surface area contributed by atoms with Gasteiger partial charge in [-0.25, -0.2) is 0 Å². The first kappa shape index (κ1) is 11.0. The SMILES string of the molecule is C1COCC(NC2CCCC3OCCC23)C1. The number of hydrogen-bond donors (Lipinski definition) is 1. The molecular formula is C13H23NO2. The standard InChI is InChI=1S/C13H23NO2/c1-4-12(11-6-8-16-13(11)5-1)14-10-3-2-7-15-9-10/h10-14H,1-9H2. The Morgan fingerprint density at radius 2 is 1.94 bits per heavy atom. The highest BCUT2D eigenvalue weighted by Gasteiger charge is 2.38. The summed E-state index contributed by atoms with van der Waals surface area (Å²) in [5.74, 6) is 0.774. The fourth-order valence-electron chi connectivity index (χ4n) is 3.56. The van der Waals surface area contributed by atoms with Crippen LogP contribution in [0.3, 0.4) is 0 Å². The van der Waals surface area contributed by atoms with Gasteiger partial charge in [-0.15, -0.1) is 0 Å². The Labute approximate surface area is 97.9 Å². The van der Waals surface area contributed by atoms with Crippen LogP contribution < -0.4 is 5.32 Å².